The summed E-state index contributed by atoms with van der Waals surface area (Å²) in [5.74, 6) is -0.500. The normalized spacial score (nSPS) is 10.4. The molecule has 0 spiro atoms. The van der Waals surface area contributed by atoms with Crippen LogP contribution in [0.15, 0.2) is 41.3 Å². The van der Waals surface area contributed by atoms with Gasteiger partial charge in [-0.25, -0.2) is 9.78 Å². The second-order valence-corrected chi connectivity index (χ2v) is 5.24. The van der Waals surface area contributed by atoms with Crippen LogP contribution in [0.25, 0.3) is 0 Å². The highest BCUT2D eigenvalue weighted by atomic mass is 35.5. The summed E-state index contributed by atoms with van der Waals surface area (Å²) in [6.45, 7) is 0. The van der Waals surface area contributed by atoms with Crippen molar-refractivity contribution in [3.05, 3.63) is 52.8 Å². The maximum atomic E-state index is 10.8. The number of carboxylic acids is 1. The molecule has 0 fully saturated rings. The molecule has 0 aliphatic rings. The SMILES string of the molecule is Nc1ccc(Cl)cc1SCc1cccc(C(=O)O)n1. The molecule has 0 aliphatic carbocycles. The number of hydrogen-bond acceptors (Lipinski definition) is 4. The fourth-order valence-corrected chi connectivity index (χ4v) is 2.61. The lowest BCUT2D eigenvalue weighted by atomic mass is 10.3. The molecule has 3 N–H and O–H groups in total. The number of thioether (sulfide) groups is 1. The van der Waals surface area contributed by atoms with Gasteiger partial charge >= 0.3 is 5.97 Å². The lowest BCUT2D eigenvalue weighted by molar-refractivity contribution is 0.0690. The first-order valence-corrected chi connectivity index (χ1v) is 6.79. The van der Waals surface area contributed by atoms with Gasteiger partial charge in [0.25, 0.3) is 0 Å². The first-order valence-electron chi connectivity index (χ1n) is 5.43. The van der Waals surface area contributed by atoms with Crippen LogP contribution in [-0.2, 0) is 5.75 Å². The second kappa shape index (κ2) is 5.95. The summed E-state index contributed by atoms with van der Waals surface area (Å²) in [5, 5.41) is 9.48. The fraction of sp³-hybridized carbons (Fsp3) is 0.0769. The van der Waals surface area contributed by atoms with Crippen LogP contribution >= 0.6 is 23.4 Å². The van der Waals surface area contributed by atoms with Gasteiger partial charge in [-0.2, -0.15) is 0 Å². The van der Waals surface area contributed by atoms with E-state index in [0.717, 1.165) is 4.90 Å². The van der Waals surface area contributed by atoms with Crippen molar-refractivity contribution in [1.29, 1.82) is 0 Å². The van der Waals surface area contributed by atoms with Crippen LogP contribution < -0.4 is 5.73 Å². The largest absolute Gasteiger partial charge is 0.477 e. The molecule has 19 heavy (non-hydrogen) atoms. The molecule has 0 radical (unpaired) electrons. The van der Waals surface area contributed by atoms with Gasteiger partial charge < -0.3 is 10.8 Å². The van der Waals surface area contributed by atoms with Gasteiger partial charge in [0, 0.05) is 21.4 Å². The molecule has 4 nitrogen and oxygen atoms in total. The Morgan fingerprint density at radius 1 is 1.37 bits per heavy atom. The molecule has 1 aromatic carbocycles. The number of nitrogens with zero attached hydrogens (tertiary/aromatic N) is 1. The quantitative estimate of drug-likeness (QED) is 0.668. The third kappa shape index (κ3) is 3.62. The standard InChI is InChI=1S/C13H11ClN2O2S/c14-8-4-5-10(15)12(6-8)19-7-9-2-1-3-11(16-9)13(17)18/h1-6H,7,15H2,(H,17,18). The summed E-state index contributed by atoms with van der Waals surface area (Å²) >= 11 is 7.37. The topological polar surface area (TPSA) is 76.2 Å². The monoisotopic (exact) mass is 294 g/mol. The molecular weight excluding hydrogens is 284 g/mol. The van der Waals surface area contributed by atoms with E-state index in [1.807, 2.05) is 0 Å². The molecule has 0 bridgehead atoms. The van der Waals surface area contributed by atoms with Crippen LogP contribution in [-0.4, -0.2) is 16.1 Å². The van der Waals surface area contributed by atoms with E-state index in [2.05, 4.69) is 4.98 Å². The molecule has 0 atom stereocenters. The lowest BCUT2D eigenvalue weighted by Gasteiger charge is -2.06. The van der Waals surface area contributed by atoms with Gasteiger partial charge in [-0.3, -0.25) is 0 Å². The zero-order chi connectivity index (χ0) is 13.8. The van der Waals surface area contributed by atoms with Crippen molar-refractivity contribution in [3.8, 4) is 0 Å². The van der Waals surface area contributed by atoms with Crippen molar-refractivity contribution in [1.82, 2.24) is 4.98 Å². The van der Waals surface area contributed by atoms with Crippen molar-refractivity contribution in [3.63, 3.8) is 0 Å². The zero-order valence-corrected chi connectivity index (χ0v) is 11.4. The number of nitrogen functional groups attached to an aromatic ring is 1. The third-order valence-electron chi connectivity index (χ3n) is 2.38. The number of halogens is 1. The van der Waals surface area contributed by atoms with Gasteiger partial charge in [0.15, 0.2) is 0 Å². The molecule has 1 heterocycles. The Bertz CT molecular complexity index is 619. The maximum absolute atomic E-state index is 10.8. The average Bonchev–Trinajstić information content (AvgIpc) is 2.40. The van der Waals surface area contributed by atoms with Crippen molar-refractivity contribution >= 4 is 35.0 Å². The molecule has 0 aliphatic heterocycles. The Hall–Kier alpha value is -1.72. The number of nitrogens with two attached hydrogens (primary N) is 1. The van der Waals surface area contributed by atoms with E-state index in [1.165, 1.54) is 17.8 Å². The highest BCUT2D eigenvalue weighted by Crippen LogP contribution is 2.30. The molecule has 0 unspecified atom stereocenters. The minimum Gasteiger partial charge on any atom is -0.477 e. The minimum atomic E-state index is -1.03. The van der Waals surface area contributed by atoms with Gasteiger partial charge in [0.2, 0.25) is 0 Å². The Morgan fingerprint density at radius 2 is 2.16 bits per heavy atom. The molecule has 0 amide bonds. The molecule has 2 rings (SSSR count). The van der Waals surface area contributed by atoms with E-state index in [-0.39, 0.29) is 5.69 Å². The summed E-state index contributed by atoms with van der Waals surface area (Å²) in [6.07, 6.45) is 0. The summed E-state index contributed by atoms with van der Waals surface area (Å²) in [5.41, 5.74) is 7.20. The molecule has 2 aromatic rings. The van der Waals surface area contributed by atoms with Crippen LogP contribution in [0.1, 0.15) is 16.2 Å². The number of carboxylic acid groups (broad SMARTS) is 1. The van der Waals surface area contributed by atoms with E-state index in [9.17, 15) is 4.79 Å². The maximum Gasteiger partial charge on any atom is 0.354 e. The van der Waals surface area contributed by atoms with Crippen LogP contribution in [0.3, 0.4) is 0 Å². The predicted molar refractivity (Wildman–Crippen MR) is 76.6 cm³/mol. The van der Waals surface area contributed by atoms with E-state index in [0.29, 0.717) is 22.2 Å². The summed E-state index contributed by atoms with van der Waals surface area (Å²) in [7, 11) is 0. The minimum absolute atomic E-state index is 0.0390. The summed E-state index contributed by atoms with van der Waals surface area (Å²) in [6, 6.07) is 10.2. The van der Waals surface area contributed by atoms with Gasteiger partial charge in [-0.15, -0.1) is 11.8 Å². The molecule has 98 valence electrons. The van der Waals surface area contributed by atoms with Gasteiger partial charge in [0.05, 0.1) is 5.69 Å². The second-order valence-electron chi connectivity index (χ2n) is 3.79. The third-order valence-corrected chi connectivity index (χ3v) is 3.72. The predicted octanol–water partition coefficient (Wildman–Crippen LogP) is 3.31. The van der Waals surface area contributed by atoms with Gasteiger partial charge in [-0.05, 0) is 30.3 Å². The summed E-state index contributed by atoms with van der Waals surface area (Å²) in [4.78, 5) is 15.7. The lowest BCUT2D eigenvalue weighted by Crippen LogP contribution is -2.01. The van der Waals surface area contributed by atoms with E-state index < -0.39 is 5.97 Å². The number of pyridine rings is 1. The van der Waals surface area contributed by atoms with E-state index in [1.54, 1.807) is 30.3 Å². The van der Waals surface area contributed by atoms with Gasteiger partial charge in [0.1, 0.15) is 5.69 Å². The fourth-order valence-electron chi connectivity index (χ4n) is 1.46. The number of benzene rings is 1. The van der Waals surface area contributed by atoms with Crippen molar-refractivity contribution in [2.24, 2.45) is 0 Å². The molecule has 1 aromatic heterocycles. The van der Waals surface area contributed by atoms with E-state index in [4.69, 9.17) is 22.4 Å². The van der Waals surface area contributed by atoms with Crippen LogP contribution in [0.4, 0.5) is 5.69 Å². The smallest absolute Gasteiger partial charge is 0.354 e. The Kier molecular flexibility index (Phi) is 4.29. The van der Waals surface area contributed by atoms with E-state index >= 15 is 0 Å². The Balaban J connectivity index is 2.12. The highest BCUT2D eigenvalue weighted by molar-refractivity contribution is 7.98. The Labute approximate surface area is 119 Å². The number of carbonyl (C=O) groups is 1. The molecule has 0 saturated heterocycles. The molecular formula is C13H11ClN2O2S. The van der Waals surface area contributed by atoms with Gasteiger partial charge in [-0.1, -0.05) is 17.7 Å². The number of aromatic carboxylic acids is 1. The zero-order valence-electron chi connectivity index (χ0n) is 9.84. The Morgan fingerprint density at radius 3 is 2.89 bits per heavy atom. The number of aromatic nitrogens is 1. The van der Waals surface area contributed by atoms with Crippen LogP contribution in [0, 0.1) is 0 Å². The van der Waals surface area contributed by atoms with Crippen molar-refractivity contribution < 1.29 is 9.90 Å². The number of rotatable bonds is 4. The number of anilines is 1. The number of hydrogen-bond donors (Lipinski definition) is 2. The average molecular weight is 295 g/mol. The first-order chi connectivity index (χ1) is 9.06. The first kappa shape index (κ1) is 13.7. The molecule has 0 saturated carbocycles. The van der Waals surface area contributed by atoms with Crippen molar-refractivity contribution in [2.45, 2.75) is 10.6 Å². The van der Waals surface area contributed by atoms with Crippen LogP contribution in [0.2, 0.25) is 5.02 Å². The highest BCUT2D eigenvalue weighted by Gasteiger charge is 2.07. The summed E-state index contributed by atoms with van der Waals surface area (Å²) < 4.78 is 0. The molecule has 6 heteroatoms. The van der Waals surface area contributed by atoms with Crippen molar-refractivity contribution in [2.75, 3.05) is 5.73 Å². The van der Waals surface area contributed by atoms with Crippen LogP contribution in [0.5, 0.6) is 0 Å².